The van der Waals surface area contributed by atoms with Crippen LogP contribution in [0.25, 0.3) is 0 Å². The van der Waals surface area contributed by atoms with Crippen molar-refractivity contribution in [2.75, 3.05) is 19.6 Å². The van der Waals surface area contributed by atoms with E-state index in [0.29, 0.717) is 6.54 Å². The summed E-state index contributed by atoms with van der Waals surface area (Å²) in [5, 5.41) is 2.61. The zero-order chi connectivity index (χ0) is 18.9. The van der Waals surface area contributed by atoms with Gasteiger partial charge in [0.05, 0.1) is 15.7 Å². The van der Waals surface area contributed by atoms with Crippen LogP contribution in [0, 0.1) is 0 Å². The highest BCUT2D eigenvalue weighted by Gasteiger charge is 2.26. The highest BCUT2D eigenvalue weighted by Crippen LogP contribution is 2.11. The lowest BCUT2D eigenvalue weighted by molar-refractivity contribution is -0.135. The van der Waals surface area contributed by atoms with Crippen molar-refractivity contribution in [3.05, 3.63) is 0 Å². The molecule has 0 aromatic rings. The monoisotopic (exact) mass is 558 g/mol. The summed E-state index contributed by atoms with van der Waals surface area (Å²) in [6.45, 7) is 2.23. The lowest BCUT2D eigenvalue weighted by atomic mass is 10.0. The largest absolute Gasteiger partial charge is 0.367 e. The van der Waals surface area contributed by atoms with Gasteiger partial charge in [0.25, 0.3) is 5.91 Å². The molecule has 2 atom stereocenters. The molecule has 4 radical (unpaired) electrons. The van der Waals surface area contributed by atoms with Crippen molar-refractivity contribution in [1.29, 1.82) is 0 Å². The normalized spacial score (nSPS) is 12.8. The lowest BCUT2D eigenvalue weighted by Gasteiger charge is -2.28. The number of carbonyl (C=O) groups excluding carboxylic acids is 4. The average molecular weight is 558 g/mol. The summed E-state index contributed by atoms with van der Waals surface area (Å²) in [6.07, 6.45) is -0.460. The molecular formula is C12H18B2I2N4O4. The van der Waals surface area contributed by atoms with Gasteiger partial charge in [0.2, 0.25) is 17.7 Å². The zero-order valence-corrected chi connectivity index (χ0v) is 17.5. The summed E-state index contributed by atoms with van der Waals surface area (Å²) in [7, 11) is 10.6. The van der Waals surface area contributed by atoms with Crippen LogP contribution in [0.4, 0.5) is 0 Å². The van der Waals surface area contributed by atoms with E-state index in [1.54, 1.807) is 29.5 Å². The van der Waals surface area contributed by atoms with Gasteiger partial charge in [-0.05, 0) is 64.7 Å². The van der Waals surface area contributed by atoms with Crippen LogP contribution in [-0.4, -0.2) is 76.9 Å². The maximum absolute atomic E-state index is 12.1. The van der Waals surface area contributed by atoms with E-state index in [0.717, 1.165) is 0 Å². The molecule has 0 aliphatic heterocycles. The Morgan fingerprint density at radius 3 is 1.96 bits per heavy atom. The first kappa shape index (κ1) is 23.5. The van der Waals surface area contributed by atoms with Gasteiger partial charge < -0.3 is 20.9 Å². The van der Waals surface area contributed by atoms with Crippen LogP contribution >= 0.6 is 45.2 Å². The first-order chi connectivity index (χ1) is 11.2. The van der Waals surface area contributed by atoms with Crippen LogP contribution < -0.4 is 11.1 Å². The summed E-state index contributed by atoms with van der Waals surface area (Å²) in [5.41, 5.74) is 5.19. The zero-order valence-electron chi connectivity index (χ0n) is 13.2. The molecule has 0 aromatic carbocycles. The molecule has 8 nitrogen and oxygen atoms in total. The third-order valence-corrected chi connectivity index (χ3v) is 5.51. The summed E-state index contributed by atoms with van der Waals surface area (Å²) in [4.78, 5) is 49.3. The number of amides is 4. The Bertz CT molecular complexity index is 484. The SMILES string of the molecule is [B]CC(=O)N(CCNC(=O)C(I)N(CC)C(=O)C[B])C(I)C(N)=O. The van der Waals surface area contributed by atoms with Gasteiger partial charge in [-0.1, -0.05) is 0 Å². The van der Waals surface area contributed by atoms with Crippen molar-refractivity contribution >= 4 is 84.5 Å². The molecule has 0 aromatic heterocycles. The molecule has 0 fully saturated rings. The summed E-state index contributed by atoms with van der Waals surface area (Å²) < 4.78 is -1.59. The fourth-order valence-corrected chi connectivity index (χ4v) is 3.25. The fraction of sp³-hybridized carbons (Fsp3) is 0.667. The Morgan fingerprint density at radius 1 is 1.04 bits per heavy atom. The molecular weight excluding hydrogens is 540 g/mol. The molecule has 0 aliphatic carbocycles. The summed E-state index contributed by atoms with van der Waals surface area (Å²) in [5.74, 6) is -1.88. The van der Waals surface area contributed by atoms with Crippen LogP contribution in [0.3, 0.4) is 0 Å². The smallest absolute Gasteiger partial charge is 0.253 e. The van der Waals surface area contributed by atoms with Crippen molar-refractivity contribution < 1.29 is 19.2 Å². The Labute approximate surface area is 171 Å². The van der Waals surface area contributed by atoms with Gasteiger partial charge in [-0.3, -0.25) is 19.2 Å². The first-order valence-corrected chi connectivity index (χ1v) is 9.54. The number of nitrogens with two attached hydrogens (primary N) is 1. The van der Waals surface area contributed by atoms with Crippen LogP contribution in [-0.2, 0) is 19.2 Å². The average Bonchev–Trinajstić information content (AvgIpc) is 2.57. The standard InChI is InChI=1S/C12H18B2I2N4O4/c1-2-19(7(21)5-13)10(16)12(24)18-3-4-20(8(22)6-14)9(15)11(17)23/h9-10H,2-6H2,1H3,(H2,17,23)(H,18,24). The first-order valence-electron chi connectivity index (χ1n) is 7.05. The van der Waals surface area contributed by atoms with Crippen molar-refractivity contribution in [1.82, 2.24) is 15.1 Å². The number of hydrogen-bond acceptors (Lipinski definition) is 4. The second-order valence-corrected chi connectivity index (χ2v) is 6.90. The minimum atomic E-state index is -0.864. The van der Waals surface area contributed by atoms with Gasteiger partial charge in [-0.15, -0.1) is 0 Å². The molecule has 0 bridgehead atoms. The van der Waals surface area contributed by atoms with Gasteiger partial charge >= 0.3 is 0 Å². The Morgan fingerprint density at radius 2 is 1.54 bits per heavy atom. The predicted octanol–water partition coefficient (Wildman–Crippen LogP) is -1.04. The molecule has 12 heteroatoms. The fourth-order valence-electron chi connectivity index (χ4n) is 1.74. The molecule has 0 aliphatic rings. The molecule has 4 amide bonds. The van der Waals surface area contributed by atoms with Crippen molar-refractivity contribution in [3.63, 3.8) is 0 Å². The quantitative estimate of drug-likeness (QED) is 0.155. The van der Waals surface area contributed by atoms with Gasteiger partial charge in [-0.2, -0.15) is 0 Å². The Kier molecular flexibility index (Phi) is 11.7. The van der Waals surface area contributed by atoms with E-state index in [-0.39, 0.29) is 31.6 Å². The molecule has 0 spiro atoms. The van der Waals surface area contributed by atoms with Crippen molar-refractivity contribution in [3.8, 4) is 0 Å². The molecule has 130 valence electrons. The topological polar surface area (TPSA) is 113 Å². The van der Waals surface area contributed by atoms with E-state index in [1.165, 1.54) is 9.80 Å². The molecule has 0 rings (SSSR count). The Balaban J connectivity index is 4.69. The van der Waals surface area contributed by atoms with Crippen LogP contribution in [0.15, 0.2) is 0 Å². The number of rotatable bonds is 10. The highest BCUT2D eigenvalue weighted by molar-refractivity contribution is 14.1. The predicted molar refractivity (Wildman–Crippen MR) is 108 cm³/mol. The maximum atomic E-state index is 12.1. The molecule has 3 N–H and O–H groups in total. The molecule has 0 heterocycles. The maximum Gasteiger partial charge on any atom is 0.253 e. The van der Waals surface area contributed by atoms with Gasteiger partial charge in [-0.25, -0.2) is 0 Å². The molecule has 24 heavy (non-hydrogen) atoms. The third-order valence-electron chi connectivity index (χ3n) is 2.98. The van der Waals surface area contributed by atoms with Crippen molar-refractivity contribution in [2.24, 2.45) is 5.73 Å². The number of hydrogen-bond donors (Lipinski definition) is 2. The van der Waals surface area contributed by atoms with Gasteiger partial charge in [0, 0.05) is 19.6 Å². The van der Waals surface area contributed by atoms with Crippen molar-refractivity contribution in [2.45, 2.75) is 27.7 Å². The Hall–Kier alpha value is -0.530. The van der Waals surface area contributed by atoms with E-state index in [1.807, 2.05) is 22.6 Å². The summed E-state index contributed by atoms with van der Waals surface area (Å²) in [6, 6.07) is 0. The highest BCUT2D eigenvalue weighted by atomic mass is 127. The lowest BCUT2D eigenvalue weighted by Crippen LogP contribution is -2.50. The minimum Gasteiger partial charge on any atom is -0.367 e. The number of likely N-dealkylation sites (N-methyl/N-ethyl adjacent to an activating group) is 1. The van der Waals surface area contributed by atoms with Crippen LogP contribution in [0.1, 0.15) is 6.92 Å². The number of carbonyl (C=O) groups is 4. The molecule has 2 unspecified atom stereocenters. The van der Waals surface area contributed by atoms with Crippen LogP contribution in [0.2, 0.25) is 12.6 Å². The molecule has 0 saturated heterocycles. The number of alkyl halides is 2. The van der Waals surface area contributed by atoms with E-state index >= 15 is 0 Å². The molecule has 0 saturated carbocycles. The van der Waals surface area contributed by atoms with E-state index < -0.39 is 25.8 Å². The summed E-state index contributed by atoms with van der Waals surface area (Å²) >= 11 is 3.56. The second kappa shape index (κ2) is 11.9. The number of halogens is 2. The second-order valence-electron chi connectivity index (χ2n) is 4.54. The van der Waals surface area contributed by atoms with Gasteiger partial charge in [0.15, 0.2) is 8.10 Å². The van der Waals surface area contributed by atoms with E-state index in [9.17, 15) is 19.2 Å². The van der Waals surface area contributed by atoms with Gasteiger partial charge in [0.1, 0.15) is 0 Å². The number of primary amides is 1. The third kappa shape index (κ3) is 7.15. The number of nitrogens with zero attached hydrogens (tertiary/aromatic N) is 2. The van der Waals surface area contributed by atoms with Crippen LogP contribution in [0.5, 0.6) is 0 Å². The number of nitrogens with one attached hydrogen (secondary N) is 1. The van der Waals surface area contributed by atoms with E-state index in [2.05, 4.69) is 5.32 Å². The minimum absolute atomic E-state index is 0.0681. The van der Waals surface area contributed by atoms with E-state index in [4.69, 9.17) is 21.4 Å².